The molecule has 1 aromatic carbocycles. The highest BCUT2D eigenvalue weighted by Gasteiger charge is 2.11. The Morgan fingerprint density at radius 2 is 2.21 bits per heavy atom. The van der Waals surface area contributed by atoms with Gasteiger partial charge in [-0.2, -0.15) is 0 Å². The third kappa shape index (κ3) is 2.89. The molecule has 2 aromatic rings. The lowest BCUT2D eigenvalue weighted by atomic mass is 10.1. The van der Waals surface area contributed by atoms with Gasteiger partial charge in [0.1, 0.15) is 11.3 Å². The van der Waals surface area contributed by atoms with Gasteiger partial charge in [0, 0.05) is 21.0 Å². The van der Waals surface area contributed by atoms with Crippen LogP contribution in [0.5, 0.6) is 0 Å². The number of carbonyl (C=O) groups is 1. The Morgan fingerprint density at radius 1 is 1.47 bits per heavy atom. The maximum Gasteiger partial charge on any atom is 0.333 e. The molecule has 0 aliphatic carbocycles. The van der Waals surface area contributed by atoms with E-state index < -0.39 is 0 Å². The van der Waals surface area contributed by atoms with Crippen LogP contribution >= 0.6 is 15.9 Å². The third-order valence-electron chi connectivity index (χ3n) is 2.88. The number of benzene rings is 1. The molecule has 0 amide bonds. The summed E-state index contributed by atoms with van der Waals surface area (Å²) in [6.07, 6.45) is 1.72. The maximum atomic E-state index is 11.6. The average molecular weight is 323 g/mol. The molecule has 0 aliphatic rings. The lowest BCUT2D eigenvalue weighted by Gasteiger charge is -2.00. The van der Waals surface area contributed by atoms with Crippen LogP contribution in [0.1, 0.15) is 25.2 Å². The van der Waals surface area contributed by atoms with Crippen LogP contribution in [0, 0.1) is 6.92 Å². The Kier molecular flexibility index (Phi) is 4.10. The van der Waals surface area contributed by atoms with Gasteiger partial charge >= 0.3 is 5.97 Å². The Hall–Kier alpha value is -1.55. The van der Waals surface area contributed by atoms with Gasteiger partial charge in [-0.1, -0.05) is 15.9 Å². The van der Waals surface area contributed by atoms with Crippen LogP contribution in [0.4, 0.5) is 0 Å². The fourth-order valence-electron chi connectivity index (χ4n) is 1.85. The summed E-state index contributed by atoms with van der Waals surface area (Å²) in [6, 6.07) is 5.84. The molecule has 0 spiro atoms. The van der Waals surface area contributed by atoms with Crippen molar-refractivity contribution in [3.8, 4) is 0 Å². The lowest BCUT2D eigenvalue weighted by Crippen LogP contribution is -2.04. The van der Waals surface area contributed by atoms with E-state index in [1.807, 2.05) is 25.1 Å². The normalized spacial score (nSPS) is 11.9. The van der Waals surface area contributed by atoms with Crippen LogP contribution in [0.15, 0.2) is 32.7 Å². The van der Waals surface area contributed by atoms with Crippen molar-refractivity contribution in [3.63, 3.8) is 0 Å². The van der Waals surface area contributed by atoms with Crippen molar-refractivity contribution in [1.82, 2.24) is 0 Å². The van der Waals surface area contributed by atoms with E-state index in [9.17, 15) is 4.79 Å². The predicted molar refractivity (Wildman–Crippen MR) is 78.9 cm³/mol. The molecule has 3 nitrogen and oxygen atoms in total. The first kappa shape index (κ1) is 13.9. The standard InChI is InChI=1S/C15H15BrO3/c1-4-18-15(17)9(2)7-14-10(3)12-8-11(16)5-6-13(12)19-14/h5-8H,4H2,1-3H3/b9-7+. The maximum absolute atomic E-state index is 11.6. The summed E-state index contributed by atoms with van der Waals surface area (Å²) in [5.41, 5.74) is 2.35. The summed E-state index contributed by atoms with van der Waals surface area (Å²) in [7, 11) is 0. The first-order valence-electron chi connectivity index (χ1n) is 6.07. The Bertz CT molecular complexity index is 653. The van der Waals surface area contributed by atoms with E-state index in [4.69, 9.17) is 9.15 Å². The number of esters is 1. The van der Waals surface area contributed by atoms with Crippen molar-refractivity contribution in [1.29, 1.82) is 0 Å². The van der Waals surface area contributed by atoms with E-state index >= 15 is 0 Å². The molecule has 100 valence electrons. The summed E-state index contributed by atoms with van der Waals surface area (Å²) in [4.78, 5) is 11.6. The van der Waals surface area contributed by atoms with E-state index in [0.717, 1.165) is 21.0 Å². The summed E-state index contributed by atoms with van der Waals surface area (Å²) in [5.74, 6) is 0.377. The molecule has 0 aliphatic heterocycles. The second-order valence-electron chi connectivity index (χ2n) is 4.28. The largest absolute Gasteiger partial charge is 0.463 e. The zero-order valence-corrected chi connectivity index (χ0v) is 12.7. The van der Waals surface area contributed by atoms with Gasteiger partial charge in [-0.25, -0.2) is 4.79 Å². The summed E-state index contributed by atoms with van der Waals surface area (Å²) < 4.78 is 11.7. The number of halogens is 1. The summed E-state index contributed by atoms with van der Waals surface area (Å²) in [6.45, 7) is 5.86. The fraction of sp³-hybridized carbons (Fsp3) is 0.267. The number of ether oxygens (including phenoxy) is 1. The first-order valence-corrected chi connectivity index (χ1v) is 6.86. The van der Waals surface area contributed by atoms with E-state index in [1.165, 1.54) is 0 Å². The summed E-state index contributed by atoms with van der Waals surface area (Å²) >= 11 is 3.44. The van der Waals surface area contributed by atoms with Gasteiger partial charge in [0.05, 0.1) is 6.61 Å². The van der Waals surface area contributed by atoms with Crippen LogP contribution in [0.25, 0.3) is 17.0 Å². The Balaban J connectivity index is 2.43. The number of rotatable bonds is 3. The van der Waals surface area contributed by atoms with Crippen molar-refractivity contribution >= 4 is 38.9 Å². The van der Waals surface area contributed by atoms with Gasteiger partial charge in [-0.05, 0) is 45.0 Å². The number of carbonyl (C=O) groups excluding carboxylic acids is 1. The van der Waals surface area contributed by atoms with Gasteiger partial charge in [0.15, 0.2) is 0 Å². The van der Waals surface area contributed by atoms with Crippen LogP contribution < -0.4 is 0 Å². The molecule has 0 saturated carbocycles. The van der Waals surface area contributed by atoms with Crippen molar-refractivity contribution in [2.24, 2.45) is 0 Å². The molecule has 0 radical (unpaired) electrons. The quantitative estimate of drug-likeness (QED) is 0.618. The summed E-state index contributed by atoms with van der Waals surface area (Å²) in [5, 5.41) is 1.04. The number of hydrogen-bond donors (Lipinski definition) is 0. The number of hydrogen-bond acceptors (Lipinski definition) is 3. The Labute approximate surface area is 120 Å². The third-order valence-corrected chi connectivity index (χ3v) is 3.37. The fourth-order valence-corrected chi connectivity index (χ4v) is 2.21. The van der Waals surface area contributed by atoms with E-state index in [0.29, 0.717) is 17.9 Å². The highest BCUT2D eigenvalue weighted by atomic mass is 79.9. The zero-order valence-electron chi connectivity index (χ0n) is 11.1. The lowest BCUT2D eigenvalue weighted by molar-refractivity contribution is -0.138. The minimum Gasteiger partial charge on any atom is -0.463 e. The van der Waals surface area contributed by atoms with E-state index in [1.54, 1.807) is 19.9 Å². The molecule has 0 N–H and O–H groups in total. The van der Waals surface area contributed by atoms with Gasteiger partial charge in [0.2, 0.25) is 0 Å². The van der Waals surface area contributed by atoms with Gasteiger partial charge in [0.25, 0.3) is 0 Å². The molecule has 0 atom stereocenters. The van der Waals surface area contributed by atoms with E-state index in [-0.39, 0.29) is 5.97 Å². The van der Waals surface area contributed by atoms with Crippen LogP contribution in [-0.4, -0.2) is 12.6 Å². The minimum absolute atomic E-state index is 0.316. The van der Waals surface area contributed by atoms with Crippen LogP contribution in [-0.2, 0) is 9.53 Å². The highest BCUT2D eigenvalue weighted by Crippen LogP contribution is 2.29. The van der Waals surface area contributed by atoms with Crippen LogP contribution in [0.2, 0.25) is 0 Å². The molecule has 0 bridgehead atoms. The van der Waals surface area contributed by atoms with Crippen molar-refractivity contribution in [3.05, 3.63) is 39.6 Å². The number of fused-ring (bicyclic) bond motifs is 1. The topological polar surface area (TPSA) is 39.4 Å². The molecule has 0 unspecified atom stereocenters. The molecule has 2 rings (SSSR count). The monoisotopic (exact) mass is 322 g/mol. The average Bonchev–Trinajstić information content (AvgIpc) is 2.67. The molecule has 4 heteroatoms. The smallest absolute Gasteiger partial charge is 0.333 e. The SMILES string of the molecule is CCOC(=O)/C(C)=C/c1oc2ccc(Br)cc2c1C. The van der Waals surface area contributed by atoms with Gasteiger partial charge in [-0.15, -0.1) is 0 Å². The van der Waals surface area contributed by atoms with Crippen molar-refractivity contribution in [2.45, 2.75) is 20.8 Å². The van der Waals surface area contributed by atoms with Gasteiger partial charge in [-0.3, -0.25) is 0 Å². The second kappa shape index (κ2) is 5.61. The molecular weight excluding hydrogens is 308 g/mol. The molecular formula is C15H15BrO3. The van der Waals surface area contributed by atoms with E-state index in [2.05, 4.69) is 15.9 Å². The molecule has 1 heterocycles. The van der Waals surface area contributed by atoms with Gasteiger partial charge < -0.3 is 9.15 Å². The zero-order chi connectivity index (χ0) is 14.0. The molecule has 0 fully saturated rings. The van der Waals surface area contributed by atoms with Crippen molar-refractivity contribution < 1.29 is 13.9 Å². The Morgan fingerprint density at radius 3 is 2.89 bits per heavy atom. The second-order valence-corrected chi connectivity index (χ2v) is 5.20. The minimum atomic E-state index is -0.316. The molecule has 0 saturated heterocycles. The highest BCUT2D eigenvalue weighted by molar-refractivity contribution is 9.10. The van der Waals surface area contributed by atoms with Crippen molar-refractivity contribution in [2.75, 3.05) is 6.61 Å². The number of aryl methyl sites for hydroxylation is 1. The number of furan rings is 1. The predicted octanol–water partition coefficient (Wildman–Crippen LogP) is 4.47. The molecule has 1 aromatic heterocycles. The first-order chi connectivity index (χ1) is 9.02. The molecule has 19 heavy (non-hydrogen) atoms. The van der Waals surface area contributed by atoms with Crippen LogP contribution in [0.3, 0.4) is 0 Å².